The summed E-state index contributed by atoms with van der Waals surface area (Å²) in [5.41, 5.74) is 0. The van der Waals surface area contributed by atoms with E-state index in [0.29, 0.717) is 42.0 Å². The Labute approximate surface area is 158 Å². The quantitative estimate of drug-likeness (QED) is 0.427. The zero-order valence-electron chi connectivity index (χ0n) is 15.5. The van der Waals surface area contributed by atoms with Gasteiger partial charge in [-0.1, -0.05) is 0 Å². The fourth-order valence-electron chi connectivity index (χ4n) is 5.69. The fraction of sp³-hybridized carbons (Fsp3) is 0.737. The maximum absolute atomic E-state index is 13.1. The van der Waals surface area contributed by atoms with Crippen molar-refractivity contribution < 1.29 is 29.2 Å². The normalized spacial score (nSPS) is 37.7. The molecule has 4 saturated heterocycles. The van der Waals surface area contributed by atoms with Crippen LogP contribution in [0.3, 0.4) is 0 Å². The van der Waals surface area contributed by atoms with Crippen molar-refractivity contribution in [2.24, 2.45) is 11.8 Å². The predicted octanol–water partition coefficient (Wildman–Crippen LogP) is 1.60. The number of nitrogens with zero attached hydrogens (tertiary/aromatic N) is 2. The molecule has 2 N–H and O–H groups in total. The van der Waals surface area contributed by atoms with Crippen LogP contribution < -0.4 is 0 Å². The lowest BCUT2D eigenvalue weighted by Crippen LogP contribution is -2.71. The first-order valence-electron chi connectivity index (χ1n) is 9.83. The summed E-state index contributed by atoms with van der Waals surface area (Å²) in [6, 6.07) is 0.710. The largest absolute Gasteiger partial charge is 0.633 e. The van der Waals surface area contributed by atoms with E-state index >= 15 is 0 Å². The van der Waals surface area contributed by atoms with Gasteiger partial charge in [0.2, 0.25) is 5.91 Å². The molecule has 0 bridgehead atoms. The number of amides is 1. The highest BCUT2D eigenvalue weighted by Gasteiger charge is 2.55. The van der Waals surface area contributed by atoms with Crippen molar-refractivity contribution in [3.8, 4) is 0 Å². The van der Waals surface area contributed by atoms with Crippen molar-refractivity contribution in [3.63, 3.8) is 0 Å². The maximum atomic E-state index is 13.1. The van der Waals surface area contributed by atoms with Gasteiger partial charge in [-0.25, -0.2) is 9.59 Å². The van der Waals surface area contributed by atoms with Gasteiger partial charge in [0.25, 0.3) is 0 Å². The summed E-state index contributed by atoms with van der Waals surface area (Å²) in [5, 5.41) is 28.7. The first-order valence-corrected chi connectivity index (χ1v) is 9.83. The fourth-order valence-corrected chi connectivity index (χ4v) is 5.69. The van der Waals surface area contributed by atoms with Crippen LogP contribution in [0.5, 0.6) is 0 Å². The smallest absolute Gasteiger partial charge is 0.328 e. The van der Waals surface area contributed by atoms with Crippen molar-refractivity contribution in [3.05, 3.63) is 17.4 Å². The van der Waals surface area contributed by atoms with Gasteiger partial charge in [0.05, 0.1) is 19.1 Å². The molecule has 0 radical (unpaired) electrons. The van der Waals surface area contributed by atoms with Gasteiger partial charge < -0.3 is 25.0 Å². The number of carboxylic acid groups (broad SMARTS) is 2. The molecule has 1 amide bonds. The molecular weight excluding hydrogens is 352 g/mol. The molecule has 1 unspecified atom stereocenters. The van der Waals surface area contributed by atoms with Crippen LogP contribution in [0.25, 0.3) is 0 Å². The van der Waals surface area contributed by atoms with Crippen molar-refractivity contribution in [2.75, 3.05) is 19.6 Å². The molecule has 4 aliphatic rings. The van der Waals surface area contributed by atoms with E-state index in [-0.39, 0.29) is 4.65 Å². The number of carbonyl (C=O) groups is 3. The van der Waals surface area contributed by atoms with Crippen LogP contribution >= 0.6 is 0 Å². The molecule has 0 aromatic heterocycles. The first kappa shape index (κ1) is 19.8. The van der Waals surface area contributed by atoms with Crippen molar-refractivity contribution in [1.82, 2.24) is 4.90 Å². The lowest BCUT2D eigenvalue weighted by molar-refractivity contribution is -0.925. The highest BCUT2D eigenvalue weighted by Crippen LogP contribution is 2.47. The topological polar surface area (TPSA) is 118 Å². The average molecular weight is 380 g/mol. The van der Waals surface area contributed by atoms with Gasteiger partial charge in [-0.2, -0.15) is 0 Å². The minimum absolute atomic E-state index is 0.0772. The summed E-state index contributed by atoms with van der Waals surface area (Å²) in [5.74, 6) is -1.18. The summed E-state index contributed by atoms with van der Waals surface area (Å²) in [6.45, 7) is 2.55. The number of hydrogen-bond donors (Lipinski definition) is 2. The molecular formula is C19H28N2O6. The molecule has 0 aromatic carbocycles. The molecule has 0 saturated carbocycles. The average Bonchev–Trinajstić information content (AvgIpc) is 2.61. The Morgan fingerprint density at radius 2 is 1.67 bits per heavy atom. The van der Waals surface area contributed by atoms with Gasteiger partial charge >= 0.3 is 11.9 Å². The Morgan fingerprint density at radius 1 is 1.04 bits per heavy atom. The van der Waals surface area contributed by atoms with Crippen LogP contribution in [0.1, 0.15) is 44.9 Å². The number of quaternary nitrogens is 1. The number of carboxylic acids is 2. The second-order valence-corrected chi connectivity index (χ2v) is 8.11. The first-order chi connectivity index (χ1) is 12.8. The van der Waals surface area contributed by atoms with Crippen LogP contribution in [0, 0.1) is 17.0 Å². The lowest BCUT2D eigenvalue weighted by Gasteiger charge is -2.64. The van der Waals surface area contributed by atoms with Crippen LogP contribution in [0.2, 0.25) is 0 Å². The zero-order valence-corrected chi connectivity index (χ0v) is 15.5. The second kappa shape index (κ2) is 7.98. The minimum atomic E-state index is -1.26. The molecule has 4 rings (SSSR count). The third-order valence-electron chi connectivity index (χ3n) is 6.56. The van der Waals surface area contributed by atoms with Gasteiger partial charge in [-0.05, 0) is 38.5 Å². The van der Waals surface area contributed by atoms with Crippen molar-refractivity contribution in [2.45, 2.75) is 57.0 Å². The Bertz CT molecular complexity index is 616. The van der Waals surface area contributed by atoms with Gasteiger partial charge in [0, 0.05) is 43.0 Å². The van der Waals surface area contributed by atoms with Crippen LogP contribution in [-0.2, 0) is 14.4 Å². The Hall–Kier alpha value is -1.93. The Balaban J connectivity index is 0.000000226. The predicted molar refractivity (Wildman–Crippen MR) is 96.4 cm³/mol. The molecule has 4 heterocycles. The molecule has 0 aromatic rings. The van der Waals surface area contributed by atoms with E-state index in [9.17, 15) is 19.6 Å². The Morgan fingerprint density at radius 3 is 2.30 bits per heavy atom. The number of carbonyl (C=O) groups excluding carboxylic acids is 1. The molecule has 4 fully saturated rings. The third kappa shape index (κ3) is 4.16. The summed E-state index contributed by atoms with van der Waals surface area (Å²) < 4.78 is 0.0772. The monoisotopic (exact) mass is 380 g/mol. The van der Waals surface area contributed by atoms with Gasteiger partial charge in [0.1, 0.15) is 0 Å². The molecule has 8 nitrogen and oxygen atoms in total. The molecule has 0 spiro atoms. The van der Waals surface area contributed by atoms with E-state index in [1.807, 2.05) is 0 Å². The third-order valence-corrected chi connectivity index (χ3v) is 6.56. The van der Waals surface area contributed by atoms with Crippen LogP contribution in [-0.4, -0.2) is 69.3 Å². The molecule has 27 heavy (non-hydrogen) atoms. The lowest BCUT2D eigenvalue weighted by atomic mass is 9.67. The number of aliphatic carboxylic acids is 2. The van der Waals surface area contributed by atoms with E-state index in [4.69, 9.17) is 10.2 Å². The highest BCUT2D eigenvalue weighted by atomic mass is 16.5. The molecule has 5 atom stereocenters. The maximum Gasteiger partial charge on any atom is 0.328 e. The zero-order chi connectivity index (χ0) is 19.6. The molecule has 4 aliphatic heterocycles. The number of hydrogen-bond acceptors (Lipinski definition) is 4. The summed E-state index contributed by atoms with van der Waals surface area (Å²) in [6.07, 6.45) is 8.49. The van der Waals surface area contributed by atoms with E-state index in [1.54, 1.807) is 0 Å². The highest BCUT2D eigenvalue weighted by molar-refractivity contribution is 5.89. The van der Waals surface area contributed by atoms with E-state index < -0.39 is 11.9 Å². The van der Waals surface area contributed by atoms with Crippen LogP contribution in [0.15, 0.2) is 12.2 Å². The summed E-state index contributed by atoms with van der Waals surface area (Å²) in [7, 11) is 0. The second-order valence-electron chi connectivity index (χ2n) is 8.11. The molecule has 150 valence electrons. The number of rotatable bonds is 2. The summed E-state index contributed by atoms with van der Waals surface area (Å²) >= 11 is 0. The van der Waals surface area contributed by atoms with Crippen molar-refractivity contribution >= 4 is 17.8 Å². The summed E-state index contributed by atoms with van der Waals surface area (Å²) in [4.78, 5) is 33.5. The number of piperidine rings is 4. The number of fused-ring (bicyclic) bond motifs is 2. The minimum Gasteiger partial charge on any atom is -0.633 e. The van der Waals surface area contributed by atoms with Gasteiger partial charge in [-0.3, -0.25) is 4.79 Å². The van der Waals surface area contributed by atoms with E-state index in [2.05, 4.69) is 4.90 Å². The van der Waals surface area contributed by atoms with E-state index in [1.165, 1.54) is 12.8 Å². The SMILES string of the molecule is O=C(O)/C=C/C(=O)O.O=C1CCC[C@@H]2[C@H]3CCC[N+]4([O-])CCC[C@@H](CN12)[C@@H]34. The standard InChI is InChI=1S/C15H24N2O2.C4H4O4/c18-14-7-1-6-13-12-5-3-9-17(19)8-2-4-11(15(12)17)10-16(13)14;5-3(6)1-2-4(7)8/h11-13,15H,1-10H2;1-2H,(H,5,6)(H,7,8)/b;2-1+/t11-,12+,13+,15-,17?;/m0./s1. The Kier molecular flexibility index (Phi) is 5.86. The van der Waals surface area contributed by atoms with Gasteiger partial charge in [0.15, 0.2) is 0 Å². The van der Waals surface area contributed by atoms with Gasteiger partial charge in [-0.15, -0.1) is 0 Å². The molecule has 0 aliphatic carbocycles. The molecule has 8 heteroatoms. The van der Waals surface area contributed by atoms with E-state index in [0.717, 1.165) is 51.7 Å². The van der Waals surface area contributed by atoms with Crippen LogP contribution in [0.4, 0.5) is 0 Å². The van der Waals surface area contributed by atoms with Crippen molar-refractivity contribution in [1.29, 1.82) is 0 Å². The number of hydroxylamine groups is 3.